The van der Waals surface area contributed by atoms with Crippen molar-refractivity contribution in [2.24, 2.45) is 0 Å². The van der Waals surface area contributed by atoms with Gasteiger partial charge in [-0.25, -0.2) is 19.0 Å². The molecule has 3 aromatic rings. The van der Waals surface area contributed by atoms with Gasteiger partial charge in [0.1, 0.15) is 11.6 Å². The first-order chi connectivity index (χ1) is 19.9. The van der Waals surface area contributed by atoms with E-state index in [9.17, 15) is 30.7 Å². The second-order valence-electron chi connectivity index (χ2n) is 9.98. The molecule has 0 amide bonds. The number of piperidine rings is 1. The second kappa shape index (κ2) is 13.4. The highest BCUT2D eigenvalue weighted by atomic mass is 32.1. The molecule has 0 unspecified atom stereocenters. The molecule has 0 aliphatic carbocycles. The van der Waals surface area contributed by atoms with E-state index in [-0.39, 0.29) is 11.4 Å². The van der Waals surface area contributed by atoms with Gasteiger partial charge in [0, 0.05) is 48.0 Å². The minimum Gasteiger partial charge on any atom is -0.475 e. The topological polar surface area (TPSA) is 98.9 Å². The van der Waals surface area contributed by atoms with Crippen LogP contribution in [-0.2, 0) is 28.2 Å². The number of halogens is 7. The van der Waals surface area contributed by atoms with Gasteiger partial charge < -0.3 is 14.8 Å². The number of hydrogen-bond donors (Lipinski definition) is 2. The summed E-state index contributed by atoms with van der Waals surface area (Å²) >= 11 is 1.90. The maximum atomic E-state index is 13.8. The maximum absolute atomic E-state index is 13.8. The predicted molar refractivity (Wildman–Crippen MR) is 143 cm³/mol. The largest absolute Gasteiger partial charge is 0.490 e. The maximum Gasteiger partial charge on any atom is 0.490 e. The molecule has 1 fully saturated rings. The monoisotopic (exact) mass is 638 g/mol. The Kier molecular flexibility index (Phi) is 10.6. The summed E-state index contributed by atoms with van der Waals surface area (Å²) in [4.78, 5) is 30.6. The number of benzene rings is 1. The molecule has 0 saturated carbocycles. The zero-order chi connectivity index (χ0) is 32.2. The quantitative estimate of drug-likeness (QED) is 0.352. The lowest BCUT2D eigenvalue weighted by Crippen LogP contribution is -2.56. The van der Waals surface area contributed by atoms with Crippen molar-refractivity contribution in [2.75, 3.05) is 26.7 Å². The number of carboxylic acids is 2. The van der Waals surface area contributed by atoms with E-state index in [1.54, 1.807) is 12.1 Å². The summed E-state index contributed by atoms with van der Waals surface area (Å²) in [5.74, 6) is -4.56. The van der Waals surface area contributed by atoms with Crippen LogP contribution in [0.4, 0.5) is 30.7 Å². The number of nitrogens with zero attached hydrogens (tertiary/aromatic N) is 4. The van der Waals surface area contributed by atoms with Crippen LogP contribution in [0.2, 0.25) is 0 Å². The molecule has 0 radical (unpaired) electrons. The van der Waals surface area contributed by atoms with Crippen molar-refractivity contribution in [1.82, 2.24) is 19.4 Å². The van der Waals surface area contributed by atoms with Crippen LogP contribution in [0, 0.1) is 12.7 Å². The number of aromatic nitrogens is 2. The minimum atomic E-state index is -5.08. The van der Waals surface area contributed by atoms with E-state index in [4.69, 9.17) is 24.8 Å². The first-order valence-electron chi connectivity index (χ1n) is 12.8. The number of aryl methyl sites for hydroxylation is 1. The van der Waals surface area contributed by atoms with Crippen molar-refractivity contribution < 1.29 is 50.5 Å². The number of carbonyl (C=O) groups is 2. The number of alkyl halides is 6. The van der Waals surface area contributed by atoms with Gasteiger partial charge >= 0.3 is 24.3 Å². The number of likely N-dealkylation sites (N-methyl/N-ethyl adjacent to an activating group) is 1. The summed E-state index contributed by atoms with van der Waals surface area (Å²) in [7, 11) is 2.23. The third-order valence-electron chi connectivity index (χ3n) is 7.13. The summed E-state index contributed by atoms with van der Waals surface area (Å²) < 4.78 is 79.6. The van der Waals surface area contributed by atoms with E-state index >= 15 is 0 Å². The Morgan fingerprint density at radius 1 is 0.953 bits per heavy atom. The van der Waals surface area contributed by atoms with Gasteiger partial charge in [0.25, 0.3) is 0 Å². The molecule has 1 spiro atoms. The lowest BCUT2D eigenvalue weighted by Gasteiger charge is -2.49. The van der Waals surface area contributed by atoms with Gasteiger partial charge in [0.05, 0.1) is 17.4 Å². The van der Waals surface area contributed by atoms with Gasteiger partial charge in [-0.3, -0.25) is 9.80 Å². The fourth-order valence-corrected chi connectivity index (χ4v) is 5.90. The van der Waals surface area contributed by atoms with Crippen LogP contribution in [0.5, 0.6) is 0 Å². The summed E-state index contributed by atoms with van der Waals surface area (Å²) in [6.45, 7) is 7.26. The highest BCUT2D eigenvalue weighted by molar-refractivity contribution is 7.11. The van der Waals surface area contributed by atoms with E-state index in [1.807, 2.05) is 23.6 Å². The molecule has 2 aliphatic rings. The molecule has 1 saturated heterocycles. The van der Waals surface area contributed by atoms with Crippen LogP contribution in [0.15, 0.2) is 42.6 Å². The molecular weight excluding hydrogens is 609 g/mol. The molecule has 0 bridgehead atoms. The average Bonchev–Trinajstić information content (AvgIpc) is 3.53. The van der Waals surface area contributed by atoms with Gasteiger partial charge in [-0.2, -0.15) is 26.3 Å². The van der Waals surface area contributed by atoms with E-state index in [1.165, 1.54) is 15.8 Å². The van der Waals surface area contributed by atoms with Crippen LogP contribution >= 0.6 is 11.3 Å². The SMILES string of the molecule is Cc1ccc(CN2CCC3(CC2)c2ncc(-c4cccc(F)c4)n2CCN3C)s1.O=C(O)C(F)(F)F.O=C(O)C(F)(F)F. The summed E-state index contributed by atoms with van der Waals surface area (Å²) in [5, 5.41) is 14.2. The normalized spacial score (nSPS) is 16.9. The van der Waals surface area contributed by atoms with Gasteiger partial charge in [-0.15, -0.1) is 11.3 Å². The van der Waals surface area contributed by atoms with Crippen LogP contribution in [-0.4, -0.2) is 80.5 Å². The number of fused-ring (bicyclic) bond motifs is 2. The molecular formula is C27H29F7N4O4S. The van der Waals surface area contributed by atoms with E-state index in [0.717, 1.165) is 62.6 Å². The van der Waals surface area contributed by atoms with E-state index < -0.39 is 24.3 Å². The number of aliphatic carboxylic acids is 2. The van der Waals surface area contributed by atoms with Gasteiger partial charge in [0.2, 0.25) is 0 Å². The predicted octanol–water partition coefficient (Wildman–Crippen LogP) is 5.76. The first-order valence-corrected chi connectivity index (χ1v) is 13.7. The fraction of sp³-hybridized carbons (Fsp3) is 0.444. The highest BCUT2D eigenvalue weighted by Gasteiger charge is 2.45. The molecule has 4 heterocycles. The molecule has 0 atom stereocenters. The Balaban J connectivity index is 0.000000303. The third-order valence-corrected chi connectivity index (χ3v) is 8.11. The van der Waals surface area contributed by atoms with Crippen molar-refractivity contribution in [3.8, 4) is 11.3 Å². The Labute approximate surface area is 246 Å². The number of carboxylic acid groups (broad SMARTS) is 2. The summed E-state index contributed by atoms with van der Waals surface area (Å²) in [6, 6.07) is 11.3. The number of rotatable bonds is 3. The third kappa shape index (κ3) is 8.54. The number of hydrogen-bond acceptors (Lipinski definition) is 6. The van der Waals surface area contributed by atoms with Crippen LogP contribution in [0.1, 0.15) is 28.4 Å². The molecule has 2 aliphatic heterocycles. The zero-order valence-corrected chi connectivity index (χ0v) is 23.9. The Morgan fingerprint density at radius 2 is 1.53 bits per heavy atom. The number of imidazole rings is 1. The number of likely N-dealkylation sites (tertiary alicyclic amines) is 1. The molecule has 1 aromatic carbocycles. The Bertz CT molecular complexity index is 1390. The van der Waals surface area contributed by atoms with Gasteiger partial charge in [-0.1, -0.05) is 12.1 Å². The Hall–Kier alpha value is -3.50. The standard InChI is InChI=1S/C23H27FN4S.2C2HF3O2/c1-17-6-7-20(29-17)16-27-10-8-23(9-11-27)22-25-15-21(28(22)13-12-26(23)2)18-4-3-5-19(24)14-18;2*3-2(4,5)1(6)7/h3-7,14-15H,8-13,16H2,1-2H3;2*(H,6,7). The molecule has 8 nitrogen and oxygen atoms in total. The van der Waals surface area contributed by atoms with Gasteiger partial charge in [-0.05, 0) is 51.1 Å². The Morgan fingerprint density at radius 3 is 2.02 bits per heavy atom. The van der Waals surface area contributed by atoms with Crippen LogP contribution in [0.3, 0.4) is 0 Å². The van der Waals surface area contributed by atoms with E-state index in [2.05, 4.69) is 40.5 Å². The molecule has 236 valence electrons. The molecule has 16 heteroatoms. The van der Waals surface area contributed by atoms with Crippen LogP contribution < -0.4 is 0 Å². The minimum absolute atomic E-state index is 0.0221. The summed E-state index contributed by atoms with van der Waals surface area (Å²) in [6.07, 6.45) is -6.08. The zero-order valence-electron chi connectivity index (χ0n) is 23.0. The average molecular weight is 639 g/mol. The lowest BCUT2D eigenvalue weighted by molar-refractivity contribution is -0.193. The molecule has 2 aromatic heterocycles. The van der Waals surface area contributed by atoms with Crippen molar-refractivity contribution in [3.63, 3.8) is 0 Å². The van der Waals surface area contributed by atoms with Crippen molar-refractivity contribution >= 4 is 23.3 Å². The molecule has 5 rings (SSSR count). The van der Waals surface area contributed by atoms with Crippen LogP contribution in [0.25, 0.3) is 11.3 Å². The molecule has 43 heavy (non-hydrogen) atoms. The van der Waals surface area contributed by atoms with E-state index in [0.29, 0.717) is 0 Å². The highest BCUT2D eigenvalue weighted by Crippen LogP contribution is 2.42. The second-order valence-corrected chi connectivity index (χ2v) is 11.3. The van der Waals surface area contributed by atoms with Crippen molar-refractivity contribution in [1.29, 1.82) is 0 Å². The smallest absolute Gasteiger partial charge is 0.475 e. The van der Waals surface area contributed by atoms with Crippen molar-refractivity contribution in [2.45, 2.75) is 50.7 Å². The summed E-state index contributed by atoms with van der Waals surface area (Å²) in [5.41, 5.74) is 1.92. The molecule has 2 N–H and O–H groups in total. The van der Waals surface area contributed by atoms with Gasteiger partial charge in [0.15, 0.2) is 0 Å². The fourth-order valence-electron chi connectivity index (χ4n) is 4.96. The lowest BCUT2D eigenvalue weighted by atomic mass is 9.83. The number of thiophene rings is 1. The first kappa shape index (κ1) is 34.0. The van der Waals surface area contributed by atoms with Crippen molar-refractivity contribution in [3.05, 3.63) is 64.0 Å².